The molecule has 0 radical (unpaired) electrons. The molecule has 2 nitrogen and oxygen atoms in total. The highest BCUT2D eigenvalue weighted by molar-refractivity contribution is 5.76. The van der Waals surface area contributed by atoms with Crippen LogP contribution in [0.5, 0.6) is 0 Å². The second kappa shape index (κ2) is 6.44. The summed E-state index contributed by atoms with van der Waals surface area (Å²) in [5, 5.41) is 0. The Labute approximate surface area is 92.7 Å². The molecule has 84 valence electrons. The van der Waals surface area contributed by atoms with E-state index in [2.05, 4.69) is 13.2 Å². The molecule has 1 fully saturated rings. The Morgan fingerprint density at radius 1 is 1.33 bits per heavy atom. The van der Waals surface area contributed by atoms with E-state index in [1.54, 1.807) is 0 Å². The summed E-state index contributed by atoms with van der Waals surface area (Å²) in [7, 11) is 0. The van der Waals surface area contributed by atoms with E-state index in [1.165, 1.54) is 6.42 Å². The number of rotatable bonds is 5. The Morgan fingerprint density at radius 2 is 2.13 bits per heavy atom. The van der Waals surface area contributed by atoms with Crippen molar-refractivity contribution in [3.05, 3.63) is 25.3 Å². The first-order valence-corrected chi connectivity index (χ1v) is 5.81. The van der Waals surface area contributed by atoms with Gasteiger partial charge in [0.2, 0.25) is 5.91 Å². The zero-order valence-electron chi connectivity index (χ0n) is 9.45. The molecule has 1 heterocycles. The highest BCUT2D eigenvalue weighted by Gasteiger charge is 2.24. The molecule has 1 aliphatic rings. The first-order valence-electron chi connectivity index (χ1n) is 5.81. The van der Waals surface area contributed by atoms with Crippen LogP contribution >= 0.6 is 0 Å². The standard InChI is InChI=1S/C13H21NO/c1-3-5-10-13(15)14-11-7-6-9-12(14)8-4-2/h3-4,12H,1-2,5-11H2. The molecule has 0 N–H and O–H groups in total. The molecule has 1 atom stereocenters. The number of hydrogen-bond acceptors (Lipinski definition) is 1. The van der Waals surface area contributed by atoms with Gasteiger partial charge in [-0.25, -0.2) is 0 Å². The van der Waals surface area contributed by atoms with Gasteiger partial charge in [-0.15, -0.1) is 13.2 Å². The summed E-state index contributed by atoms with van der Waals surface area (Å²) < 4.78 is 0. The molecule has 1 unspecified atom stereocenters. The molecule has 1 saturated heterocycles. The molecule has 1 amide bonds. The van der Waals surface area contributed by atoms with Crippen LogP contribution < -0.4 is 0 Å². The monoisotopic (exact) mass is 207 g/mol. The highest BCUT2D eigenvalue weighted by atomic mass is 16.2. The van der Waals surface area contributed by atoms with Crippen molar-refractivity contribution in [1.29, 1.82) is 0 Å². The van der Waals surface area contributed by atoms with Gasteiger partial charge in [-0.3, -0.25) is 4.79 Å². The number of hydrogen-bond donors (Lipinski definition) is 0. The molecular weight excluding hydrogens is 186 g/mol. The summed E-state index contributed by atoms with van der Waals surface area (Å²) in [6.07, 6.45) is 9.57. The average molecular weight is 207 g/mol. The molecule has 2 heteroatoms. The fourth-order valence-electron chi connectivity index (χ4n) is 2.14. The van der Waals surface area contributed by atoms with Crippen molar-refractivity contribution in [2.45, 2.75) is 44.6 Å². The van der Waals surface area contributed by atoms with Crippen molar-refractivity contribution >= 4 is 5.91 Å². The van der Waals surface area contributed by atoms with E-state index >= 15 is 0 Å². The van der Waals surface area contributed by atoms with Crippen LogP contribution in [-0.4, -0.2) is 23.4 Å². The van der Waals surface area contributed by atoms with Gasteiger partial charge in [-0.2, -0.15) is 0 Å². The highest BCUT2D eigenvalue weighted by Crippen LogP contribution is 2.21. The number of likely N-dealkylation sites (tertiary alicyclic amines) is 1. The van der Waals surface area contributed by atoms with Crippen LogP contribution in [0.25, 0.3) is 0 Å². The Hall–Kier alpha value is -1.05. The first kappa shape index (κ1) is 12.0. The Bertz CT molecular complexity index is 235. The molecule has 1 rings (SSSR count). The first-order chi connectivity index (χ1) is 7.29. The lowest BCUT2D eigenvalue weighted by Crippen LogP contribution is -2.43. The lowest BCUT2D eigenvalue weighted by Gasteiger charge is -2.35. The van der Waals surface area contributed by atoms with E-state index in [1.807, 2.05) is 17.1 Å². The SMILES string of the molecule is C=CCCC(=O)N1CCCCC1CC=C. The third-order valence-corrected chi connectivity index (χ3v) is 2.95. The minimum absolute atomic E-state index is 0.279. The second-order valence-corrected chi connectivity index (χ2v) is 4.09. The van der Waals surface area contributed by atoms with Crippen molar-refractivity contribution in [3.63, 3.8) is 0 Å². The number of piperidine rings is 1. The minimum atomic E-state index is 0.279. The predicted molar refractivity (Wildman–Crippen MR) is 63.6 cm³/mol. The summed E-state index contributed by atoms with van der Waals surface area (Å²) in [5.74, 6) is 0.279. The van der Waals surface area contributed by atoms with Gasteiger partial charge in [0.15, 0.2) is 0 Å². The molecule has 0 aromatic rings. The number of carbonyl (C=O) groups is 1. The molecule has 15 heavy (non-hydrogen) atoms. The zero-order chi connectivity index (χ0) is 11.1. The maximum atomic E-state index is 11.9. The van der Waals surface area contributed by atoms with Gasteiger partial charge >= 0.3 is 0 Å². The van der Waals surface area contributed by atoms with Crippen molar-refractivity contribution in [1.82, 2.24) is 4.90 Å². The summed E-state index contributed by atoms with van der Waals surface area (Å²) in [5.41, 5.74) is 0. The number of amides is 1. The molecule has 1 aliphatic heterocycles. The topological polar surface area (TPSA) is 20.3 Å². The lowest BCUT2D eigenvalue weighted by molar-refractivity contribution is -0.134. The lowest BCUT2D eigenvalue weighted by atomic mass is 9.99. The smallest absolute Gasteiger partial charge is 0.223 e. The summed E-state index contributed by atoms with van der Waals surface area (Å²) in [4.78, 5) is 13.9. The third kappa shape index (κ3) is 3.54. The van der Waals surface area contributed by atoms with Gasteiger partial charge in [0.05, 0.1) is 0 Å². The van der Waals surface area contributed by atoms with E-state index in [0.29, 0.717) is 12.5 Å². The quantitative estimate of drug-likeness (QED) is 0.635. The largest absolute Gasteiger partial charge is 0.339 e. The van der Waals surface area contributed by atoms with E-state index in [4.69, 9.17) is 0 Å². The van der Waals surface area contributed by atoms with Crippen molar-refractivity contribution in [2.24, 2.45) is 0 Å². The maximum absolute atomic E-state index is 11.9. The molecule has 0 aromatic carbocycles. The molecule has 0 saturated carbocycles. The maximum Gasteiger partial charge on any atom is 0.223 e. The molecule has 0 spiro atoms. The fourth-order valence-corrected chi connectivity index (χ4v) is 2.14. The third-order valence-electron chi connectivity index (χ3n) is 2.95. The van der Waals surface area contributed by atoms with Crippen LogP contribution in [0.2, 0.25) is 0 Å². The molecule has 0 aliphatic carbocycles. The minimum Gasteiger partial charge on any atom is -0.339 e. The number of nitrogens with zero attached hydrogens (tertiary/aromatic N) is 1. The van der Waals surface area contributed by atoms with Crippen LogP contribution in [0.3, 0.4) is 0 Å². The Kier molecular flexibility index (Phi) is 5.16. The van der Waals surface area contributed by atoms with E-state index in [9.17, 15) is 4.79 Å². The van der Waals surface area contributed by atoms with Gasteiger partial charge in [-0.05, 0) is 32.1 Å². The Balaban J connectivity index is 2.50. The fraction of sp³-hybridized carbons (Fsp3) is 0.615. The van der Waals surface area contributed by atoms with Crippen LogP contribution in [0.4, 0.5) is 0 Å². The molecular formula is C13H21NO. The predicted octanol–water partition coefficient (Wildman–Crippen LogP) is 2.91. The van der Waals surface area contributed by atoms with Crippen molar-refractivity contribution in [3.8, 4) is 0 Å². The van der Waals surface area contributed by atoms with E-state index in [0.717, 1.165) is 32.2 Å². The van der Waals surface area contributed by atoms with Crippen LogP contribution in [0.15, 0.2) is 25.3 Å². The number of carbonyl (C=O) groups excluding carboxylic acids is 1. The van der Waals surface area contributed by atoms with Crippen LogP contribution in [-0.2, 0) is 4.79 Å². The zero-order valence-corrected chi connectivity index (χ0v) is 9.45. The average Bonchev–Trinajstić information content (AvgIpc) is 2.27. The van der Waals surface area contributed by atoms with Gasteiger partial charge in [0, 0.05) is 19.0 Å². The summed E-state index contributed by atoms with van der Waals surface area (Å²) >= 11 is 0. The van der Waals surface area contributed by atoms with Gasteiger partial charge in [0.25, 0.3) is 0 Å². The normalized spacial score (nSPS) is 21.1. The van der Waals surface area contributed by atoms with Crippen molar-refractivity contribution < 1.29 is 4.79 Å². The second-order valence-electron chi connectivity index (χ2n) is 4.09. The number of allylic oxidation sites excluding steroid dienone is 1. The van der Waals surface area contributed by atoms with Crippen LogP contribution in [0, 0.1) is 0 Å². The van der Waals surface area contributed by atoms with Crippen molar-refractivity contribution in [2.75, 3.05) is 6.54 Å². The van der Waals surface area contributed by atoms with Gasteiger partial charge in [-0.1, -0.05) is 12.2 Å². The van der Waals surface area contributed by atoms with Crippen LogP contribution in [0.1, 0.15) is 38.5 Å². The molecule has 0 bridgehead atoms. The van der Waals surface area contributed by atoms with Gasteiger partial charge < -0.3 is 4.90 Å². The van der Waals surface area contributed by atoms with Gasteiger partial charge in [0.1, 0.15) is 0 Å². The summed E-state index contributed by atoms with van der Waals surface area (Å²) in [6, 6.07) is 0.397. The van der Waals surface area contributed by atoms with E-state index < -0.39 is 0 Å². The van der Waals surface area contributed by atoms with E-state index in [-0.39, 0.29) is 5.91 Å². The molecule has 0 aromatic heterocycles. The summed E-state index contributed by atoms with van der Waals surface area (Å²) in [6.45, 7) is 8.33. The Morgan fingerprint density at radius 3 is 2.80 bits per heavy atom.